The van der Waals surface area contributed by atoms with Crippen LogP contribution < -0.4 is 5.32 Å². The molecule has 0 saturated carbocycles. The highest BCUT2D eigenvalue weighted by atomic mass is 16.4. The quantitative estimate of drug-likeness (QED) is 0.541. The summed E-state index contributed by atoms with van der Waals surface area (Å²) in [5.41, 5.74) is 0. The molecule has 1 atom stereocenters. The van der Waals surface area contributed by atoms with Gasteiger partial charge >= 0.3 is 11.9 Å². The fourth-order valence-corrected chi connectivity index (χ4v) is 0.913. The van der Waals surface area contributed by atoms with Gasteiger partial charge in [0, 0.05) is 12.2 Å². The molecule has 0 aromatic rings. The summed E-state index contributed by atoms with van der Waals surface area (Å²) in [5, 5.41) is 19.1. The fraction of sp³-hybridized carbons (Fsp3) is 0.444. The standard InChI is InChI=1S/C9H13NO5/c1-2-3-6(9(14)15)10-7(11)4-5-8(12)13/h4-6H,2-3H2,1H3,(H,10,11)(H,12,13)(H,14,15). The Morgan fingerprint density at radius 3 is 2.27 bits per heavy atom. The molecule has 1 unspecified atom stereocenters. The van der Waals surface area contributed by atoms with Gasteiger partial charge in [0.05, 0.1) is 0 Å². The molecule has 15 heavy (non-hydrogen) atoms. The van der Waals surface area contributed by atoms with Crippen molar-refractivity contribution in [1.29, 1.82) is 0 Å². The average Bonchev–Trinajstić information content (AvgIpc) is 2.14. The molecule has 0 aliphatic rings. The summed E-state index contributed by atoms with van der Waals surface area (Å²) in [5.74, 6) is -3.11. The van der Waals surface area contributed by atoms with Gasteiger partial charge in [0.25, 0.3) is 0 Å². The van der Waals surface area contributed by atoms with Crippen LogP contribution in [0.3, 0.4) is 0 Å². The van der Waals surface area contributed by atoms with Crippen molar-refractivity contribution >= 4 is 17.8 Å². The Morgan fingerprint density at radius 2 is 1.87 bits per heavy atom. The van der Waals surface area contributed by atoms with E-state index >= 15 is 0 Å². The zero-order valence-corrected chi connectivity index (χ0v) is 8.27. The van der Waals surface area contributed by atoms with Crippen LogP contribution in [0.2, 0.25) is 0 Å². The predicted octanol–water partition coefficient (Wildman–Crippen LogP) is -0.00330. The summed E-state index contributed by atoms with van der Waals surface area (Å²) < 4.78 is 0. The van der Waals surface area contributed by atoms with E-state index in [1.165, 1.54) is 0 Å². The summed E-state index contributed by atoms with van der Waals surface area (Å²) in [7, 11) is 0. The minimum Gasteiger partial charge on any atom is -0.480 e. The first-order valence-electron chi connectivity index (χ1n) is 4.41. The molecule has 6 nitrogen and oxygen atoms in total. The molecule has 0 aromatic heterocycles. The molecule has 0 aromatic carbocycles. The summed E-state index contributed by atoms with van der Waals surface area (Å²) in [6, 6.07) is -0.971. The van der Waals surface area contributed by atoms with Gasteiger partial charge in [0.1, 0.15) is 6.04 Å². The minimum atomic E-state index is -1.26. The molecule has 0 spiro atoms. The maximum absolute atomic E-state index is 11.0. The van der Waals surface area contributed by atoms with Crippen LogP contribution in [0.1, 0.15) is 19.8 Å². The molecule has 6 heteroatoms. The SMILES string of the molecule is CCCC(NC(=O)C=CC(=O)O)C(=O)O. The first kappa shape index (κ1) is 13.2. The van der Waals surface area contributed by atoms with E-state index in [0.29, 0.717) is 18.9 Å². The highest BCUT2D eigenvalue weighted by molar-refractivity contribution is 5.95. The molecule has 0 aliphatic heterocycles. The molecule has 3 N–H and O–H groups in total. The van der Waals surface area contributed by atoms with Gasteiger partial charge in [-0.2, -0.15) is 0 Å². The van der Waals surface area contributed by atoms with Gasteiger partial charge in [-0.05, 0) is 6.42 Å². The third-order valence-electron chi connectivity index (χ3n) is 1.57. The lowest BCUT2D eigenvalue weighted by molar-refractivity contribution is -0.141. The van der Waals surface area contributed by atoms with Gasteiger partial charge in [-0.1, -0.05) is 13.3 Å². The molecule has 0 bridgehead atoms. The summed E-state index contributed by atoms with van der Waals surface area (Å²) in [4.78, 5) is 31.7. The molecular formula is C9H13NO5. The van der Waals surface area contributed by atoms with Crippen molar-refractivity contribution in [2.45, 2.75) is 25.8 Å². The Labute approximate surface area is 86.6 Å². The van der Waals surface area contributed by atoms with Gasteiger partial charge in [-0.25, -0.2) is 9.59 Å². The largest absolute Gasteiger partial charge is 0.480 e. The van der Waals surface area contributed by atoms with Gasteiger partial charge in [-0.15, -0.1) is 0 Å². The summed E-state index contributed by atoms with van der Waals surface area (Å²) in [6.45, 7) is 1.79. The molecule has 0 saturated heterocycles. The minimum absolute atomic E-state index is 0.308. The van der Waals surface area contributed by atoms with E-state index in [-0.39, 0.29) is 0 Å². The van der Waals surface area contributed by atoms with E-state index in [1.807, 2.05) is 0 Å². The average molecular weight is 215 g/mol. The number of carboxylic acids is 2. The highest BCUT2D eigenvalue weighted by Gasteiger charge is 2.17. The number of hydrogen-bond acceptors (Lipinski definition) is 3. The number of nitrogens with one attached hydrogen (secondary N) is 1. The molecule has 0 radical (unpaired) electrons. The van der Waals surface area contributed by atoms with E-state index in [0.717, 1.165) is 6.08 Å². The van der Waals surface area contributed by atoms with Crippen LogP contribution in [0.4, 0.5) is 0 Å². The van der Waals surface area contributed by atoms with Crippen LogP contribution in [-0.2, 0) is 14.4 Å². The lowest BCUT2D eigenvalue weighted by Gasteiger charge is -2.11. The van der Waals surface area contributed by atoms with Crippen molar-refractivity contribution in [3.8, 4) is 0 Å². The second-order valence-corrected chi connectivity index (χ2v) is 2.86. The van der Waals surface area contributed by atoms with E-state index in [9.17, 15) is 14.4 Å². The number of aliphatic carboxylic acids is 2. The Bertz CT molecular complexity index is 284. The highest BCUT2D eigenvalue weighted by Crippen LogP contribution is 1.96. The predicted molar refractivity (Wildman–Crippen MR) is 51.3 cm³/mol. The van der Waals surface area contributed by atoms with E-state index in [1.54, 1.807) is 6.92 Å². The molecule has 84 valence electrons. The van der Waals surface area contributed by atoms with Crippen LogP contribution in [0, 0.1) is 0 Å². The van der Waals surface area contributed by atoms with Crippen LogP contribution in [0.25, 0.3) is 0 Å². The van der Waals surface area contributed by atoms with E-state index in [2.05, 4.69) is 5.32 Å². The second kappa shape index (κ2) is 6.58. The Kier molecular flexibility index (Phi) is 5.77. The van der Waals surface area contributed by atoms with Crippen LogP contribution in [0.15, 0.2) is 12.2 Å². The first-order chi connectivity index (χ1) is 6.97. The number of carboxylic acid groups (broad SMARTS) is 2. The fourth-order valence-electron chi connectivity index (χ4n) is 0.913. The van der Waals surface area contributed by atoms with Crippen molar-refractivity contribution in [1.82, 2.24) is 5.32 Å². The molecule has 0 rings (SSSR count). The monoisotopic (exact) mass is 215 g/mol. The van der Waals surface area contributed by atoms with Crippen molar-refractivity contribution in [3.05, 3.63) is 12.2 Å². The van der Waals surface area contributed by atoms with Crippen molar-refractivity contribution < 1.29 is 24.6 Å². The van der Waals surface area contributed by atoms with Gasteiger partial charge in [-0.3, -0.25) is 4.79 Å². The number of carbonyl (C=O) groups is 3. The van der Waals surface area contributed by atoms with Crippen molar-refractivity contribution in [2.75, 3.05) is 0 Å². The topological polar surface area (TPSA) is 104 Å². The molecule has 0 fully saturated rings. The maximum Gasteiger partial charge on any atom is 0.328 e. The maximum atomic E-state index is 11.0. The zero-order chi connectivity index (χ0) is 11.8. The third kappa shape index (κ3) is 6.25. The van der Waals surface area contributed by atoms with Gasteiger partial charge in [0.15, 0.2) is 0 Å². The van der Waals surface area contributed by atoms with Crippen LogP contribution >= 0.6 is 0 Å². The second-order valence-electron chi connectivity index (χ2n) is 2.86. The summed E-state index contributed by atoms with van der Waals surface area (Å²) >= 11 is 0. The smallest absolute Gasteiger partial charge is 0.328 e. The van der Waals surface area contributed by atoms with Crippen molar-refractivity contribution in [3.63, 3.8) is 0 Å². The molecular weight excluding hydrogens is 202 g/mol. The molecule has 0 heterocycles. The van der Waals surface area contributed by atoms with Gasteiger partial charge < -0.3 is 15.5 Å². The van der Waals surface area contributed by atoms with Crippen LogP contribution in [0.5, 0.6) is 0 Å². The Morgan fingerprint density at radius 1 is 1.27 bits per heavy atom. The third-order valence-corrected chi connectivity index (χ3v) is 1.57. The normalized spacial score (nSPS) is 12.3. The zero-order valence-electron chi connectivity index (χ0n) is 8.27. The lowest BCUT2D eigenvalue weighted by atomic mass is 10.1. The number of amides is 1. The Hall–Kier alpha value is -1.85. The number of hydrogen-bond donors (Lipinski definition) is 3. The van der Waals surface area contributed by atoms with E-state index in [4.69, 9.17) is 10.2 Å². The number of carbonyl (C=O) groups excluding carboxylic acids is 1. The summed E-state index contributed by atoms with van der Waals surface area (Å²) in [6.07, 6.45) is 2.36. The molecule has 0 aliphatic carbocycles. The number of rotatable bonds is 6. The van der Waals surface area contributed by atoms with E-state index < -0.39 is 23.9 Å². The van der Waals surface area contributed by atoms with Crippen LogP contribution in [-0.4, -0.2) is 34.1 Å². The first-order valence-corrected chi connectivity index (χ1v) is 4.41. The lowest BCUT2D eigenvalue weighted by Crippen LogP contribution is -2.39. The Balaban J connectivity index is 4.23. The van der Waals surface area contributed by atoms with Gasteiger partial charge in [0.2, 0.25) is 5.91 Å². The van der Waals surface area contributed by atoms with Crippen molar-refractivity contribution in [2.24, 2.45) is 0 Å². The molecule has 1 amide bonds.